The Kier molecular flexibility index (Phi) is 9.88. The summed E-state index contributed by atoms with van der Waals surface area (Å²) in [6, 6.07) is 1.86. The van der Waals surface area contributed by atoms with Crippen molar-refractivity contribution in [3.8, 4) is 0 Å². The zero-order valence-electron chi connectivity index (χ0n) is 30.8. The topological polar surface area (TPSA) is 165 Å². The Morgan fingerprint density at radius 3 is 2.08 bits per heavy atom. The molecule has 0 saturated heterocycles. The highest BCUT2D eigenvalue weighted by Gasteiger charge is 2.79. The lowest BCUT2D eigenvalue weighted by Gasteiger charge is -2.71. The van der Waals surface area contributed by atoms with Crippen molar-refractivity contribution in [2.75, 3.05) is 7.11 Å². The fourth-order valence-corrected chi connectivity index (χ4v) is 10.7. The number of ether oxygens (including phenoxy) is 5. The highest BCUT2D eigenvalue weighted by molar-refractivity contribution is 5.78. The largest absolute Gasteiger partial charge is 0.472 e. The number of allylic oxidation sites excluding steroid dienone is 1. The Hall–Kier alpha value is -3.67. The summed E-state index contributed by atoms with van der Waals surface area (Å²) in [7, 11) is 1.24. The van der Waals surface area contributed by atoms with Crippen LogP contribution in [0.15, 0.2) is 34.7 Å². The van der Waals surface area contributed by atoms with Crippen molar-refractivity contribution in [1.29, 1.82) is 0 Å². The van der Waals surface area contributed by atoms with Crippen LogP contribution in [0.1, 0.15) is 99.5 Å². The van der Waals surface area contributed by atoms with E-state index in [1.54, 1.807) is 26.4 Å². The van der Waals surface area contributed by atoms with Crippen LogP contribution in [-0.4, -0.2) is 72.6 Å². The highest BCUT2D eigenvalue weighted by atomic mass is 16.6. The SMILES string of the molecule is CC[C@@H](C)C(=O)O[C@H]1[C@H](OC(C)=O)C2[C@@]3(C)[C@@H](OC(C)=O)C[C@@H](O)[C@@](C)(C(=O)OC)[C@@H]3C[C@@H](OC(C)=O)[C@@]2(C)C2=CC[C@@H](c3ccoc3)[C@@]21C. The van der Waals surface area contributed by atoms with E-state index in [1.807, 2.05) is 33.8 Å². The first-order valence-corrected chi connectivity index (χ1v) is 17.6. The van der Waals surface area contributed by atoms with Crippen LogP contribution in [0.25, 0.3) is 0 Å². The third-order valence-electron chi connectivity index (χ3n) is 13.1. The number of carbonyl (C=O) groups excluding carboxylic acids is 5. The Bertz CT molecular complexity index is 1550. The molecule has 1 unspecified atom stereocenters. The van der Waals surface area contributed by atoms with Gasteiger partial charge in [-0.15, -0.1) is 0 Å². The molecule has 0 bridgehead atoms. The lowest BCUT2D eigenvalue weighted by atomic mass is 9.35. The normalized spacial score (nSPS) is 40.9. The van der Waals surface area contributed by atoms with Gasteiger partial charge < -0.3 is 33.2 Å². The van der Waals surface area contributed by atoms with Gasteiger partial charge in [0.15, 0.2) is 0 Å². The second kappa shape index (κ2) is 13.1. The van der Waals surface area contributed by atoms with E-state index >= 15 is 0 Å². The van der Waals surface area contributed by atoms with Gasteiger partial charge in [0.25, 0.3) is 0 Å². The molecule has 3 fully saturated rings. The molecule has 4 aliphatic carbocycles. The van der Waals surface area contributed by atoms with Gasteiger partial charge in [-0.1, -0.05) is 46.3 Å². The molecule has 5 rings (SSSR count). The molecule has 276 valence electrons. The lowest BCUT2D eigenvalue weighted by molar-refractivity contribution is -0.294. The molecule has 1 N–H and O–H groups in total. The standard InChI is InChI=1S/C38H52O12/c1-11-19(2)33(43)50-32-30(49-22(5)41)31-37(8,25-13-12-24(35(25,32)6)23-14-15-46-18-23)28(47-20(3)39)16-26-36(7,34(44)45-10)27(42)17-29(38(26,31)9)48-21(4)40/h13-15,18-19,24,26-32,42H,11-12,16-17H2,1-10H3/t19-,24+,26+,27-,28-,29+,30-,31?,32+,35+,36+,37-,38-/m1/s1. The fourth-order valence-electron chi connectivity index (χ4n) is 10.7. The molecule has 3 saturated carbocycles. The number of carbonyl (C=O) groups is 5. The van der Waals surface area contributed by atoms with Gasteiger partial charge in [0.1, 0.15) is 24.4 Å². The van der Waals surface area contributed by atoms with E-state index in [1.165, 1.54) is 27.9 Å². The predicted molar refractivity (Wildman–Crippen MR) is 177 cm³/mol. The molecule has 12 nitrogen and oxygen atoms in total. The van der Waals surface area contributed by atoms with Gasteiger partial charge in [0, 0.05) is 55.3 Å². The molecule has 1 heterocycles. The van der Waals surface area contributed by atoms with Crippen LogP contribution >= 0.6 is 0 Å². The number of furan rings is 1. The van der Waals surface area contributed by atoms with E-state index in [0.29, 0.717) is 12.8 Å². The molecule has 0 aromatic carbocycles. The summed E-state index contributed by atoms with van der Waals surface area (Å²) >= 11 is 0. The Morgan fingerprint density at radius 1 is 0.920 bits per heavy atom. The minimum absolute atomic E-state index is 0.0808. The van der Waals surface area contributed by atoms with Gasteiger partial charge >= 0.3 is 29.8 Å². The van der Waals surface area contributed by atoms with Crippen LogP contribution < -0.4 is 0 Å². The average molecular weight is 701 g/mol. The molecule has 1 aromatic rings. The monoisotopic (exact) mass is 700 g/mol. The molecule has 4 aliphatic rings. The quantitative estimate of drug-likeness (QED) is 0.218. The number of hydrogen-bond acceptors (Lipinski definition) is 12. The molecule has 0 aliphatic heterocycles. The Morgan fingerprint density at radius 2 is 1.54 bits per heavy atom. The van der Waals surface area contributed by atoms with Crippen molar-refractivity contribution in [2.24, 2.45) is 39.4 Å². The van der Waals surface area contributed by atoms with Gasteiger partial charge in [-0.05, 0) is 43.7 Å². The lowest BCUT2D eigenvalue weighted by Crippen LogP contribution is -2.76. The van der Waals surface area contributed by atoms with Crippen molar-refractivity contribution < 1.29 is 57.2 Å². The number of fused-ring (bicyclic) bond motifs is 5. The van der Waals surface area contributed by atoms with Crippen LogP contribution in [0.5, 0.6) is 0 Å². The number of aliphatic hydroxyl groups excluding tert-OH is 1. The van der Waals surface area contributed by atoms with Gasteiger partial charge in [-0.3, -0.25) is 24.0 Å². The van der Waals surface area contributed by atoms with Crippen molar-refractivity contribution >= 4 is 29.8 Å². The first-order valence-electron chi connectivity index (χ1n) is 17.6. The number of aliphatic hydroxyl groups is 1. The molecule has 1 aromatic heterocycles. The van der Waals surface area contributed by atoms with Crippen LogP contribution in [0, 0.1) is 39.4 Å². The minimum Gasteiger partial charge on any atom is -0.472 e. The highest BCUT2D eigenvalue weighted by Crippen LogP contribution is 2.75. The maximum atomic E-state index is 13.9. The Labute approximate surface area is 293 Å². The van der Waals surface area contributed by atoms with Crippen molar-refractivity contribution in [3.63, 3.8) is 0 Å². The zero-order chi connectivity index (χ0) is 37.1. The maximum absolute atomic E-state index is 13.9. The molecule has 0 amide bonds. The average Bonchev–Trinajstić information content (AvgIpc) is 3.69. The summed E-state index contributed by atoms with van der Waals surface area (Å²) in [6.07, 6.45) is 0.845. The summed E-state index contributed by atoms with van der Waals surface area (Å²) in [4.78, 5) is 66.7. The molecule has 0 radical (unpaired) electrons. The first-order chi connectivity index (χ1) is 23.3. The summed E-state index contributed by atoms with van der Waals surface area (Å²) in [5.41, 5.74) is -3.24. The van der Waals surface area contributed by atoms with Crippen LogP contribution in [-0.2, 0) is 47.7 Å². The Balaban J connectivity index is 1.88. The van der Waals surface area contributed by atoms with E-state index < -0.39 is 99.8 Å². The third-order valence-corrected chi connectivity index (χ3v) is 13.1. The second-order valence-electron chi connectivity index (χ2n) is 15.6. The number of hydrogen-bond donors (Lipinski definition) is 1. The van der Waals surface area contributed by atoms with Gasteiger partial charge in [-0.2, -0.15) is 0 Å². The number of rotatable bonds is 8. The van der Waals surface area contributed by atoms with Gasteiger partial charge in [-0.25, -0.2) is 0 Å². The van der Waals surface area contributed by atoms with E-state index in [-0.39, 0.29) is 18.8 Å². The van der Waals surface area contributed by atoms with E-state index in [4.69, 9.17) is 28.1 Å². The first kappa shape index (κ1) is 37.6. The molecular formula is C38H52O12. The maximum Gasteiger partial charge on any atom is 0.314 e. The fraction of sp³-hybridized carbons (Fsp3) is 0.711. The van der Waals surface area contributed by atoms with E-state index in [9.17, 15) is 29.1 Å². The van der Waals surface area contributed by atoms with Crippen molar-refractivity contribution in [1.82, 2.24) is 0 Å². The smallest absolute Gasteiger partial charge is 0.314 e. The molecule has 12 heteroatoms. The molecule has 13 atom stereocenters. The molecule has 0 spiro atoms. The van der Waals surface area contributed by atoms with Gasteiger partial charge in [0.2, 0.25) is 0 Å². The van der Waals surface area contributed by atoms with Gasteiger partial charge in [0.05, 0.1) is 37.1 Å². The third kappa shape index (κ3) is 5.38. The minimum atomic E-state index is -1.56. The summed E-state index contributed by atoms with van der Waals surface area (Å²) in [6.45, 7) is 14.9. The number of esters is 5. The summed E-state index contributed by atoms with van der Waals surface area (Å²) < 4.78 is 36.0. The van der Waals surface area contributed by atoms with Crippen LogP contribution in [0.3, 0.4) is 0 Å². The van der Waals surface area contributed by atoms with Crippen LogP contribution in [0.4, 0.5) is 0 Å². The summed E-state index contributed by atoms with van der Waals surface area (Å²) in [5, 5.41) is 11.7. The van der Waals surface area contributed by atoms with E-state index in [2.05, 4.69) is 6.08 Å². The molecular weight excluding hydrogens is 648 g/mol. The summed E-state index contributed by atoms with van der Waals surface area (Å²) in [5.74, 6) is -5.43. The zero-order valence-corrected chi connectivity index (χ0v) is 30.8. The van der Waals surface area contributed by atoms with Crippen molar-refractivity contribution in [2.45, 2.75) is 124 Å². The second-order valence-corrected chi connectivity index (χ2v) is 15.6. The molecule has 50 heavy (non-hydrogen) atoms. The predicted octanol–water partition coefficient (Wildman–Crippen LogP) is 5.06. The van der Waals surface area contributed by atoms with E-state index in [0.717, 1.165) is 11.1 Å². The van der Waals surface area contributed by atoms with Crippen molar-refractivity contribution in [3.05, 3.63) is 35.8 Å². The van der Waals surface area contributed by atoms with Crippen LogP contribution in [0.2, 0.25) is 0 Å². The number of methoxy groups -OCH3 is 1.